The Labute approximate surface area is 197 Å². The lowest BCUT2D eigenvalue weighted by molar-refractivity contribution is -0.192. The molecule has 2 aliphatic rings. The van der Waals surface area contributed by atoms with Crippen molar-refractivity contribution in [1.29, 1.82) is 0 Å². The first-order chi connectivity index (χ1) is 16.0. The van der Waals surface area contributed by atoms with Crippen LogP contribution in [0.5, 0.6) is 0 Å². The summed E-state index contributed by atoms with van der Waals surface area (Å²) in [6, 6.07) is 14.4. The van der Waals surface area contributed by atoms with E-state index in [4.69, 9.17) is 9.90 Å². The molecule has 2 aromatic carbocycles. The molecule has 2 aromatic rings. The molecule has 34 heavy (non-hydrogen) atoms. The normalized spacial score (nSPS) is 17.6. The zero-order chi connectivity index (χ0) is 24.9. The van der Waals surface area contributed by atoms with Crippen molar-refractivity contribution < 1.29 is 31.5 Å². The number of rotatable bonds is 7. The Morgan fingerprint density at radius 2 is 1.76 bits per heavy atom. The highest BCUT2D eigenvalue weighted by Gasteiger charge is 2.38. The number of aliphatic carboxylic acids is 1. The second-order valence-corrected chi connectivity index (χ2v) is 10.3. The van der Waals surface area contributed by atoms with Crippen molar-refractivity contribution in [3.8, 4) is 0 Å². The average molecular weight is 499 g/mol. The smallest absolute Gasteiger partial charge is 0.475 e. The fourth-order valence-corrected chi connectivity index (χ4v) is 5.71. The summed E-state index contributed by atoms with van der Waals surface area (Å²) >= 11 is 0. The molecule has 1 aliphatic heterocycles. The topological polar surface area (TPSA) is 86.7 Å². The monoisotopic (exact) mass is 498 g/mol. The molecule has 2 N–H and O–H groups in total. The van der Waals surface area contributed by atoms with E-state index in [2.05, 4.69) is 27.8 Å². The number of carbonyl (C=O) groups is 1. The van der Waals surface area contributed by atoms with Crippen LogP contribution >= 0.6 is 0 Å². The molecule has 0 saturated carbocycles. The quantitative estimate of drug-likeness (QED) is 0.558. The molecule has 0 saturated heterocycles. The summed E-state index contributed by atoms with van der Waals surface area (Å²) in [6.45, 7) is 4.57. The van der Waals surface area contributed by atoms with Gasteiger partial charge in [-0.05, 0) is 80.0 Å². The Kier molecular flexibility index (Phi) is 8.38. The SMILES string of the molecule is Cc1cccc(S(=O)(=O)NCCCCN2CCc3cccc4c3C2CC4)c1.O=C(O)C(F)(F)F. The molecule has 186 valence electrons. The Morgan fingerprint density at radius 1 is 1.12 bits per heavy atom. The molecule has 10 heteroatoms. The van der Waals surface area contributed by atoms with Crippen molar-refractivity contribution in [2.45, 2.75) is 56.1 Å². The number of unbranched alkanes of at least 4 members (excludes halogenated alkanes) is 1. The third-order valence-corrected chi connectivity index (χ3v) is 7.58. The van der Waals surface area contributed by atoms with Crippen LogP contribution in [0.4, 0.5) is 13.2 Å². The standard InChI is InChI=1S/C22H28N2O2S.C2HF3O2/c1-17-6-4-9-20(16-17)27(25,26)23-13-2-3-14-24-15-12-19-8-5-7-18-10-11-21(24)22(18)19;3-2(4,5)1(6)7/h4-9,16,21,23H,2-3,10-15H2,1H3;(H,6,7). The lowest BCUT2D eigenvalue weighted by atomic mass is 9.93. The highest BCUT2D eigenvalue weighted by atomic mass is 32.2. The number of aryl methyl sites for hydroxylation is 2. The minimum absolute atomic E-state index is 0.355. The highest BCUT2D eigenvalue weighted by Crippen LogP contribution is 2.41. The number of carboxylic acids is 1. The zero-order valence-electron chi connectivity index (χ0n) is 18.9. The molecule has 0 bridgehead atoms. The summed E-state index contributed by atoms with van der Waals surface area (Å²) in [5.74, 6) is -2.76. The van der Waals surface area contributed by atoms with Crippen LogP contribution in [0.1, 0.15) is 47.6 Å². The van der Waals surface area contributed by atoms with Gasteiger partial charge in [0.15, 0.2) is 0 Å². The number of halogens is 3. The summed E-state index contributed by atoms with van der Waals surface area (Å²) in [6.07, 6.45) is 0.361. The number of benzene rings is 2. The van der Waals surface area contributed by atoms with Crippen LogP contribution in [-0.4, -0.2) is 50.2 Å². The minimum Gasteiger partial charge on any atom is -0.475 e. The van der Waals surface area contributed by atoms with E-state index >= 15 is 0 Å². The van der Waals surface area contributed by atoms with Gasteiger partial charge in [0, 0.05) is 19.1 Å². The number of alkyl halides is 3. The van der Waals surface area contributed by atoms with E-state index in [-0.39, 0.29) is 0 Å². The maximum absolute atomic E-state index is 12.4. The fraction of sp³-hybridized carbons (Fsp3) is 0.458. The number of nitrogens with zero attached hydrogens (tertiary/aromatic N) is 1. The molecule has 6 nitrogen and oxygen atoms in total. The van der Waals surface area contributed by atoms with E-state index in [1.54, 1.807) is 23.8 Å². The van der Waals surface area contributed by atoms with Crippen LogP contribution in [0.15, 0.2) is 47.4 Å². The largest absolute Gasteiger partial charge is 0.490 e. The van der Waals surface area contributed by atoms with Crippen LogP contribution in [0.25, 0.3) is 0 Å². The minimum atomic E-state index is -5.08. The second kappa shape index (κ2) is 10.9. The summed E-state index contributed by atoms with van der Waals surface area (Å²) in [5.41, 5.74) is 5.62. The van der Waals surface area contributed by atoms with E-state index in [9.17, 15) is 21.6 Å². The molecule has 1 aliphatic carbocycles. The highest BCUT2D eigenvalue weighted by molar-refractivity contribution is 7.89. The van der Waals surface area contributed by atoms with E-state index in [0.717, 1.165) is 37.9 Å². The number of hydrogen-bond acceptors (Lipinski definition) is 4. The first-order valence-corrected chi connectivity index (χ1v) is 12.7. The molecule has 0 fully saturated rings. The molecular formula is C24H29F3N2O4S. The van der Waals surface area contributed by atoms with Gasteiger partial charge < -0.3 is 5.11 Å². The molecule has 1 heterocycles. The molecule has 0 spiro atoms. The number of hydrogen-bond donors (Lipinski definition) is 2. The maximum Gasteiger partial charge on any atom is 0.490 e. The van der Waals surface area contributed by atoms with Gasteiger partial charge in [0.2, 0.25) is 10.0 Å². The second-order valence-electron chi connectivity index (χ2n) is 8.55. The van der Waals surface area contributed by atoms with Gasteiger partial charge in [0.25, 0.3) is 0 Å². The van der Waals surface area contributed by atoms with Gasteiger partial charge >= 0.3 is 12.1 Å². The predicted octanol–water partition coefficient (Wildman–Crippen LogP) is 4.23. The molecule has 0 amide bonds. The number of nitrogens with one attached hydrogen (secondary N) is 1. The third kappa shape index (κ3) is 6.58. The van der Waals surface area contributed by atoms with Gasteiger partial charge in [-0.2, -0.15) is 13.2 Å². The van der Waals surface area contributed by atoms with Gasteiger partial charge in [0.1, 0.15) is 0 Å². The van der Waals surface area contributed by atoms with E-state index in [1.807, 2.05) is 13.0 Å². The predicted molar refractivity (Wildman–Crippen MR) is 122 cm³/mol. The summed E-state index contributed by atoms with van der Waals surface area (Å²) < 4.78 is 59.2. The van der Waals surface area contributed by atoms with Gasteiger partial charge in [-0.3, -0.25) is 4.90 Å². The first-order valence-electron chi connectivity index (χ1n) is 11.2. The first kappa shape index (κ1) is 26.2. The average Bonchev–Trinajstić information content (AvgIpc) is 3.21. The van der Waals surface area contributed by atoms with Crippen molar-refractivity contribution in [3.63, 3.8) is 0 Å². The molecule has 1 atom stereocenters. The Morgan fingerprint density at radius 3 is 2.41 bits per heavy atom. The summed E-state index contributed by atoms with van der Waals surface area (Å²) in [4.78, 5) is 11.9. The summed E-state index contributed by atoms with van der Waals surface area (Å²) in [7, 11) is -3.40. The lowest BCUT2D eigenvalue weighted by Crippen LogP contribution is -2.35. The third-order valence-electron chi connectivity index (χ3n) is 6.12. The Balaban J connectivity index is 0.000000406. The maximum atomic E-state index is 12.4. The van der Waals surface area contributed by atoms with Crippen LogP contribution in [0.3, 0.4) is 0 Å². The Bertz CT molecular complexity index is 1120. The fourth-order valence-electron chi connectivity index (χ4n) is 4.53. The van der Waals surface area contributed by atoms with Crippen LogP contribution in [0.2, 0.25) is 0 Å². The van der Waals surface area contributed by atoms with Crippen molar-refractivity contribution >= 4 is 16.0 Å². The van der Waals surface area contributed by atoms with Crippen molar-refractivity contribution in [2.24, 2.45) is 0 Å². The van der Waals surface area contributed by atoms with Crippen molar-refractivity contribution in [1.82, 2.24) is 9.62 Å². The lowest BCUT2D eigenvalue weighted by Gasteiger charge is -2.35. The summed E-state index contributed by atoms with van der Waals surface area (Å²) in [5, 5.41) is 7.12. The molecule has 1 unspecified atom stereocenters. The van der Waals surface area contributed by atoms with Gasteiger partial charge in [-0.25, -0.2) is 17.9 Å². The number of sulfonamides is 1. The molecule has 0 radical (unpaired) electrons. The van der Waals surface area contributed by atoms with Crippen LogP contribution < -0.4 is 4.72 Å². The zero-order valence-corrected chi connectivity index (χ0v) is 19.8. The van der Waals surface area contributed by atoms with Crippen molar-refractivity contribution in [3.05, 3.63) is 64.7 Å². The van der Waals surface area contributed by atoms with E-state index < -0.39 is 22.2 Å². The molecule has 0 aromatic heterocycles. The van der Waals surface area contributed by atoms with E-state index in [1.165, 1.54) is 24.0 Å². The molecular weight excluding hydrogens is 469 g/mol. The van der Waals surface area contributed by atoms with Gasteiger partial charge in [-0.1, -0.05) is 30.3 Å². The van der Waals surface area contributed by atoms with E-state index in [0.29, 0.717) is 17.5 Å². The van der Waals surface area contributed by atoms with Gasteiger partial charge in [-0.15, -0.1) is 0 Å². The van der Waals surface area contributed by atoms with Crippen LogP contribution in [0, 0.1) is 6.92 Å². The molecule has 4 rings (SSSR count). The van der Waals surface area contributed by atoms with Gasteiger partial charge in [0.05, 0.1) is 4.90 Å². The number of carboxylic acid groups (broad SMARTS) is 1. The van der Waals surface area contributed by atoms with Crippen molar-refractivity contribution in [2.75, 3.05) is 19.6 Å². The Hall–Kier alpha value is -2.43. The van der Waals surface area contributed by atoms with Crippen LogP contribution in [-0.2, 0) is 27.7 Å².